The molecule has 0 saturated carbocycles. The molecule has 1 aliphatic carbocycles. The number of halogens is 1. The zero-order chi connectivity index (χ0) is 7.56. The van der Waals surface area contributed by atoms with E-state index < -0.39 is 0 Å². The minimum atomic E-state index is 0.225. The summed E-state index contributed by atoms with van der Waals surface area (Å²) >= 11 is 5.86. The van der Waals surface area contributed by atoms with E-state index in [1.165, 1.54) is 5.57 Å². The first-order valence-electron chi connectivity index (χ1n) is 3.72. The maximum atomic E-state index is 5.86. The fourth-order valence-electron chi connectivity index (χ4n) is 1.04. The third kappa shape index (κ3) is 1.88. The Labute approximate surface area is 67.6 Å². The highest BCUT2D eigenvalue weighted by Gasteiger charge is 2.06. The molecule has 0 radical (unpaired) electrons. The van der Waals surface area contributed by atoms with Crippen molar-refractivity contribution in [3.8, 4) is 0 Å². The van der Waals surface area contributed by atoms with Crippen LogP contribution in [0.4, 0.5) is 0 Å². The van der Waals surface area contributed by atoms with Crippen molar-refractivity contribution >= 4 is 11.6 Å². The highest BCUT2D eigenvalue weighted by Crippen LogP contribution is 2.20. The summed E-state index contributed by atoms with van der Waals surface area (Å²) in [6.45, 7) is 4.40. The smallest absolute Gasteiger partial charge is 0.0553 e. The maximum absolute atomic E-state index is 5.86. The van der Waals surface area contributed by atoms with Gasteiger partial charge in [0.2, 0.25) is 0 Å². The second-order valence-electron chi connectivity index (χ2n) is 2.97. The number of hydrogen-bond acceptors (Lipinski definition) is 0. The average molecular weight is 157 g/mol. The van der Waals surface area contributed by atoms with Gasteiger partial charge in [0, 0.05) is 0 Å². The number of alkyl halides is 1. The molecule has 0 aliphatic heterocycles. The fourth-order valence-corrected chi connectivity index (χ4v) is 1.20. The van der Waals surface area contributed by atoms with E-state index in [1.54, 1.807) is 0 Å². The van der Waals surface area contributed by atoms with Crippen molar-refractivity contribution in [3.05, 3.63) is 23.8 Å². The zero-order valence-corrected chi connectivity index (χ0v) is 7.23. The molecule has 0 nitrogen and oxygen atoms in total. The van der Waals surface area contributed by atoms with E-state index in [2.05, 4.69) is 32.1 Å². The van der Waals surface area contributed by atoms with Crippen LogP contribution in [0.25, 0.3) is 0 Å². The summed E-state index contributed by atoms with van der Waals surface area (Å²) in [6.07, 6.45) is 7.41. The monoisotopic (exact) mass is 156 g/mol. The first kappa shape index (κ1) is 7.87. The summed E-state index contributed by atoms with van der Waals surface area (Å²) in [5.41, 5.74) is 1.41. The van der Waals surface area contributed by atoms with Crippen LogP contribution in [0.2, 0.25) is 0 Å². The highest BCUT2D eigenvalue weighted by atomic mass is 35.5. The topological polar surface area (TPSA) is 0 Å². The minimum absolute atomic E-state index is 0.225. The Bertz CT molecular complexity index is 166. The van der Waals surface area contributed by atoms with Crippen molar-refractivity contribution in [2.24, 2.45) is 5.92 Å². The molecule has 1 aliphatic rings. The van der Waals surface area contributed by atoms with Gasteiger partial charge in [-0.15, -0.1) is 11.6 Å². The largest absolute Gasteiger partial charge is 0.118 e. The van der Waals surface area contributed by atoms with Gasteiger partial charge >= 0.3 is 0 Å². The average Bonchev–Trinajstić information content (AvgIpc) is 1.88. The van der Waals surface area contributed by atoms with Crippen LogP contribution < -0.4 is 0 Å². The SMILES string of the molecule is CC(C)C1=CC[C@@H](Cl)C=C1. The molecule has 0 fully saturated rings. The molecule has 56 valence electrons. The molecular weight excluding hydrogens is 144 g/mol. The molecule has 0 aromatic heterocycles. The lowest BCUT2D eigenvalue weighted by molar-refractivity contribution is 0.774. The Morgan fingerprint density at radius 2 is 2.30 bits per heavy atom. The van der Waals surface area contributed by atoms with E-state index in [4.69, 9.17) is 11.6 Å². The van der Waals surface area contributed by atoms with Crippen LogP contribution in [-0.4, -0.2) is 5.38 Å². The molecule has 0 unspecified atom stereocenters. The van der Waals surface area contributed by atoms with E-state index >= 15 is 0 Å². The molecule has 0 aromatic rings. The predicted octanol–water partition coefficient (Wildman–Crippen LogP) is 3.14. The lowest BCUT2D eigenvalue weighted by atomic mass is 9.97. The maximum Gasteiger partial charge on any atom is 0.0553 e. The molecule has 10 heavy (non-hydrogen) atoms. The molecule has 0 heterocycles. The fraction of sp³-hybridized carbons (Fsp3) is 0.556. The molecule has 0 spiro atoms. The Kier molecular flexibility index (Phi) is 2.56. The lowest BCUT2D eigenvalue weighted by Gasteiger charge is -2.12. The van der Waals surface area contributed by atoms with E-state index in [9.17, 15) is 0 Å². The van der Waals surface area contributed by atoms with Crippen LogP contribution in [-0.2, 0) is 0 Å². The van der Waals surface area contributed by atoms with Crippen molar-refractivity contribution in [2.75, 3.05) is 0 Å². The molecule has 1 heteroatoms. The molecule has 0 aromatic carbocycles. The van der Waals surface area contributed by atoms with E-state index in [1.807, 2.05) is 0 Å². The van der Waals surface area contributed by atoms with Crippen LogP contribution in [0.1, 0.15) is 20.3 Å². The molecule has 0 amide bonds. The molecular formula is C9H13Cl. The van der Waals surface area contributed by atoms with Crippen LogP contribution in [0.15, 0.2) is 23.8 Å². The summed E-state index contributed by atoms with van der Waals surface area (Å²) in [5, 5.41) is 0.225. The van der Waals surface area contributed by atoms with Crippen LogP contribution in [0.5, 0.6) is 0 Å². The van der Waals surface area contributed by atoms with Crippen molar-refractivity contribution in [1.29, 1.82) is 0 Å². The van der Waals surface area contributed by atoms with Crippen LogP contribution in [0, 0.1) is 5.92 Å². The van der Waals surface area contributed by atoms with E-state index in [0.29, 0.717) is 5.92 Å². The quantitative estimate of drug-likeness (QED) is 0.512. The van der Waals surface area contributed by atoms with Crippen LogP contribution >= 0.6 is 11.6 Å². The number of rotatable bonds is 1. The minimum Gasteiger partial charge on any atom is -0.118 e. The zero-order valence-electron chi connectivity index (χ0n) is 6.47. The normalized spacial score (nSPS) is 25.2. The van der Waals surface area contributed by atoms with Gasteiger partial charge in [0.25, 0.3) is 0 Å². The second kappa shape index (κ2) is 3.25. The summed E-state index contributed by atoms with van der Waals surface area (Å²) in [4.78, 5) is 0. The van der Waals surface area contributed by atoms with Crippen LogP contribution in [0.3, 0.4) is 0 Å². The summed E-state index contributed by atoms with van der Waals surface area (Å²) in [6, 6.07) is 0. The molecule has 0 bridgehead atoms. The van der Waals surface area contributed by atoms with E-state index in [-0.39, 0.29) is 5.38 Å². The predicted molar refractivity (Wildman–Crippen MR) is 46.3 cm³/mol. The number of allylic oxidation sites excluding steroid dienone is 4. The van der Waals surface area contributed by atoms with Gasteiger partial charge in [0.1, 0.15) is 0 Å². The molecule has 1 rings (SSSR count). The number of hydrogen-bond donors (Lipinski definition) is 0. The summed E-state index contributed by atoms with van der Waals surface area (Å²) in [7, 11) is 0. The van der Waals surface area contributed by atoms with Crippen molar-refractivity contribution in [3.63, 3.8) is 0 Å². The lowest BCUT2D eigenvalue weighted by Crippen LogP contribution is -2.00. The Morgan fingerprint density at radius 3 is 2.70 bits per heavy atom. The third-order valence-corrected chi connectivity index (χ3v) is 2.07. The van der Waals surface area contributed by atoms with Gasteiger partial charge in [-0.05, 0) is 17.9 Å². The van der Waals surface area contributed by atoms with Crippen molar-refractivity contribution in [1.82, 2.24) is 0 Å². The van der Waals surface area contributed by atoms with Gasteiger partial charge in [-0.2, -0.15) is 0 Å². The Hall–Kier alpha value is -0.230. The third-order valence-electron chi connectivity index (χ3n) is 1.74. The second-order valence-corrected chi connectivity index (χ2v) is 3.53. The first-order chi connectivity index (χ1) is 4.70. The first-order valence-corrected chi connectivity index (χ1v) is 4.16. The van der Waals surface area contributed by atoms with Gasteiger partial charge in [-0.3, -0.25) is 0 Å². The molecule has 0 saturated heterocycles. The van der Waals surface area contributed by atoms with Crippen molar-refractivity contribution < 1.29 is 0 Å². The molecule has 1 atom stereocenters. The van der Waals surface area contributed by atoms with E-state index in [0.717, 1.165) is 6.42 Å². The standard InChI is InChI=1S/C9H13Cl/c1-7(2)8-3-5-9(10)6-4-8/h3-5,7,9H,6H2,1-2H3/t9-/m0/s1. The highest BCUT2D eigenvalue weighted by molar-refractivity contribution is 6.22. The van der Waals surface area contributed by atoms with Crippen molar-refractivity contribution in [2.45, 2.75) is 25.6 Å². The summed E-state index contributed by atoms with van der Waals surface area (Å²) < 4.78 is 0. The van der Waals surface area contributed by atoms with Gasteiger partial charge < -0.3 is 0 Å². The van der Waals surface area contributed by atoms with Gasteiger partial charge in [0.15, 0.2) is 0 Å². The van der Waals surface area contributed by atoms with Gasteiger partial charge in [-0.1, -0.05) is 32.1 Å². The molecule has 0 N–H and O–H groups in total. The van der Waals surface area contributed by atoms with Gasteiger partial charge in [-0.25, -0.2) is 0 Å². The summed E-state index contributed by atoms with van der Waals surface area (Å²) in [5.74, 6) is 0.639. The Balaban J connectivity index is 2.59. The Morgan fingerprint density at radius 1 is 1.60 bits per heavy atom. The van der Waals surface area contributed by atoms with Gasteiger partial charge in [0.05, 0.1) is 5.38 Å².